The number of benzene rings is 1. The first kappa shape index (κ1) is 10.2. The largest absolute Gasteiger partial charge is 0.292 e. The van der Waals surface area contributed by atoms with E-state index in [4.69, 9.17) is 11.6 Å². The second-order valence-corrected chi connectivity index (χ2v) is 3.62. The normalized spacial score (nSPS) is 12.6. The summed E-state index contributed by atoms with van der Waals surface area (Å²) >= 11 is 5.57. The van der Waals surface area contributed by atoms with Crippen molar-refractivity contribution in [3.8, 4) is 0 Å². The molecule has 0 aliphatic carbocycles. The predicted octanol–water partition coefficient (Wildman–Crippen LogP) is 2.94. The highest BCUT2D eigenvalue weighted by molar-refractivity contribution is 6.33. The number of hydrogen-bond acceptors (Lipinski definition) is 1. The van der Waals surface area contributed by atoms with Gasteiger partial charge < -0.3 is 0 Å². The van der Waals surface area contributed by atoms with Crippen molar-refractivity contribution in [1.29, 1.82) is 0 Å². The predicted molar refractivity (Wildman–Crippen MR) is 50.8 cm³/mol. The number of hydrogen-bond donors (Lipinski definition) is 0. The van der Waals surface area contributed by atoms with E-state index in [1.807, 2.05) is 0 Å². The number of ketones is 1. The average molecular weight is 201 g/mol. The molecule has 0 aromatic heterocycles. The maximum atomic E-state index is 13.1. The molecule has 0 fully saturated rings. The Balaban J connectivity index is 3.13. The summed E-state index contributed by atoms with van der Waals surface area (Å²) in [7, 11) is 0. The molecular formula is C10H10ClFO. The van der Waals surface area contributed by atoms with Gasteiger partial charge in [-0.1, -0.05) is 11.6 Å². The zero-order valence-corrected chi connectivity index (χ0v) is 8.23. The van der Waals surface area contributed by atoms with E-state index in [0.717, 1.165) is 5.56 Å². The molecule has 0 aliphatic rings. The molecule has 1 nitrogen and oxygen atoms in total. The first-order valence-corrected chi connectivity index (χ1v) is 4.40. The Labute approximate surface area is 81.5 Å². The van der Waals surface area contributed by atoms with E-state index in [-0.39, 0.29) is 11.3 Å². The van der Waals surface area contributed by atoms with Crippen molar-refractivity contribution < 1.29 is 9.18 Å². The van der Waals surface area contributed by atoms with Gasteiger partial charge in [-0.3, -0.25) is 4.79 Å². The Bertz CT molecular complexity index is 334. The second kappa shape index (κ2) is 3.88. The van der Waals surface area contributed by atoms with Crippen LogP contribution in [0.25, 0.3) is 0 Å². The molecule has 0 bridgehead atoms. The number of rotatable bonds is 2. The van der Waals surface area contributed by atoms with Gasteiger partial charge in [0.25, 0.3) is 0 Å². The number of aryl methyl sites for hydroxylation is 1. The van der Waals surface area contributed by atoms with Crippen molar-refractivity contribution in [2.75, 3.05) is 0 Å². The number of alkyl halides is 1. The molecule has 0 heterocycles. The Morgan fingerprint density at radius 3 is 2.69 bits per heavy atom. The lowest BCUT2D eigenvalue weighted by atomic mass is 10.1. The Kier molecular flexibility index (Phi) is 3.04. The average Bonchev–Trinajstić information content (AvgIpc) is 2.08. The Morgan fingerprint density at radius 1 is 1.54 bits per heavy atom. The van der Waals surface area contributed by atoms with Crippen molar-refractivity contribution in [2.24, 2.45) is 0 Å². The minimum Gasteiger partial charge on any atom is -0.292 e. The molecule has 3 heteroatoms. The van der Waals surface area contributed by atoms with Gasteiger partial charge >= 0.3 is 0 Å². The third-order valence-electron chi connectivity index (χ3n) is 1.75. The molecule has 0 radical (unpaired) electrons. The molecule has 1 rings (SSSR count). The van der Waals surface area contributed by atoms with Gasteiger partial charge in [0.2, 0.25) is 0 Å². The zero-order valence-electron chi connectivity index (χ0n) is 7.47. The van der Waals surface area contributed by atoms with Crippen LogP contribution in [0, 0.1) is 12.7 Å². The van der Waals surface area contributed by atoms with Gasteiger partial charge in [-0.2, -0.15) is 0 Å². The van der Waals surface area contributed by atoms with Crippen molar-refractivity contribution >= 4 is 17.4 Å². The fraction of sp³-hybridized carbons (Fsp3) is 0.300. The van der Waals surface area contributed by atoms with E-state index < -0.39 is 11.2 Å². The zero-order chi connectivity index (χ0) is 10.0. The van der Waals surface area contributed by atoms with Crippen molar-refractivity contribution in [3.63, 3.8) is 0 Å². The number of halogens is 2. The molecule has 0 aliphatic heterocycles. The van der Waals surface area contributed by atoms with Crippen LogP contribution in [-0.2, 0) is 0 Å². The smallest absolute Gasteiger partial charge is 0.183 e. The molecule has 0 amide bonds. The van der Waals surface area contributed by atoms with Gasteiger partial charge in [-0.15, -0.1) is 11.6 Å². The lowest BCUT2D eigenvalue weighted by molar-refractivity contribution is 0.0988. The van der Waals surface area contributed by atoms with Gasteiger partial charge in [-0.05, 0) is 26.0 Å². The molecule has 0 saturated carbocycles. The van der Waals surface area contributed by atoms with Crippen LogP contribution in [0.15, 0.2) is 18.2 Å². The van der Waals surface area contributed by atoms with Crippen LogP contribution >= 0.6 is 11.6 Å². The molecule has 1 aromatic carbocycles. The monoisotopic (exact) mass is 200 g/mol. The maximum Gasteiger partial charge on any atom is 0.183 e. The minimum absolute atomic E-state index is 0.0718. The van der Waals surface area contributed by atoms with E-state index in [1.165, 1.54) is 19.1 Å². The molecule has 0 saturated heterocycles. The summed E-state index contributed by atoms with van der Waals surface area (Å²) < 4.78 is 13.1. The van der Waals surface area contributed by atoms with E-state index in [0.29, 0.717) is 0 Å². The number of carbonyl (C=O) groups excluding carboxylic acids is 1. The van der Waals surface area contributed by atoms with E-state index in [1.54, 1.807) is 13.0 Å². The molecule has 0 N–H and O–H groups in total. The fourth-order valence-corrected chi connectivity index (χ4v) is 1.16. The third-order valence-corrected chi connectivity index (χ3v) is 1.95. The first-order valence-electron chi connectivity index (χ1n) is 3.97. The second-order valence-electron chi connectivity index (χ2n) is 2.96. The standard InChI is InChI=1S/C10H10ClFO/c1-6-3-4-9(12)8(5-6)10(13)7(2)11/h3-5,7H,1-2H3. The maximum absolute atomic E-state index is 13.1. The lowest BCUT2D eigenvalue weighted by Gasteiger charge is -2.04. The molecule has 1 atom stereocenters. The van der Waals surface area contributed by atoms with Crippen molar-refractivity contribution in [2.45, 2.75) is 19.2 Å². The Morgan fingerprint density at radius 2 is 2.15 bits per heavy atom. The Hall–Kier alpha value is -0.890. The van der Waals surface area contributed by atoms with Crippen molar-refractivity contribution in [1.82, 2.24) is 0 Å². The molecule has 1 aromatic rings. The summed E-state index contributed by atoms with van der Waals surface area (Å²) in [5, 5.41) is -0.684. The molecule has 13 heavy (non-hydrogen) atoms. The molecule has 1 unspecified atom stereocenters. The van der Waals surface area contributed by atoms with Crippen LogP contribution in [0.4, 0.5) is 4.39 Å². The summed E-state index contributed by atoms with van der Waals surface area (Å²) in [5.74, 6) is -0.883. The van der Waals surface area contributed by atoms with E-state index in [2.05, 4.69) is 0 Å². The number of carbonyl (C=O) groups is 1. The summed E-state index contributed by atoms with van der Waals surface area (Å²) in [4.78, 5) is 11.3. The van der Waals surface area contributed by atoms with Gasteiger partial charge in [0.05, 0.1) is 10.9 Å². The quantitative estimate of drug-likeness (QED) is 0.530. The lowest BCUT2D eigenvalue weighted by Crippen LogP contribution is -2.12. The van der Waals surface area contributed by atoms with Gasteiger partial charge in [0.1, 0.15) is 5.82 Å². The highest BCUT2D eigenvalue weighted by Gasteiger charge is 2.16. The molecular weight excluding hydrogens is 191 g/mol. The summed E-state index contributed by atoms with van der Waals surface area (Å²) in [6, 6.07) is 4.41. The first-order chi connectivity index (χ1) is 6.02. The van der Waals surface area contributed by atoms with Gasteiger partial charge in [-0.25, -0.2) is 4.39 Å². The van der Waals surface area contributed by atoms with Crippen LogP contribution in [-0.4, -0.2) is 11.2 Å². The SMILES string of the molecule is Cc1ccc(F)c(C(=O)C(C)Cl)c1. The molecule has 0 spiro atoms. The third kappa shape index (κ3) is 2.28. The van der Waals surface area contributed by atoms with Gasteiger partial charge in [0.15, 0.2) is 5.78 Å². The van der Waals surface area contributed by atoms with E-state index in [9.17, 15) is 9.18 Å². The molecule has 70 valence electrons. The minimum atomic E-state index is -0.684. The van der Waals surface area contributed by atoms with Gasteiger partial charge in [0, 0.05) is 0 Å². The van der Waals surface area contributed by atoms with Crippen molar-refractivity contribution in [3.05, 3.63) is 35.1 Å². The van der Waals surface area contributed by atoms with Crippen LogP contribution in [0.5, 0.6) is 0 Å². The summed E-state index contributed by atoms with van der Waals surface area (Å²) in [6.07, 6.45) is 0. The topological polar surface area (TPSA) is 17.1 Å². The van der Waals surface area contributed by atoms with Crippen LogP contribution < -0.4 is 0 Å². The summed E-state index contributed by atoms with van der Waals surface area (Å²) in [6.45, 7) is 3.33. The van der Waals surface area contributed by atoms with Crippen LogP contribution in [0.1, 0.15) is 22.8 Å². The number of Topliss-reactive ketones (excluding diaryl/α,β-unsaturated/α-hetero) is 1. The highest BCUT2D eigenvalue weighted by Crippen LogP contribution is 2.14. The fourth-order valence-electron chi connectivity index (χ4n) is 1.04. The summed E-state index contributed by atoms with van der Waals surface area (Å²) in [5.41, 5.74) is 0.921. The highest BCUT2D eigenvalue weighted by atomic mass is 35.5. The van der Waals surface area contributed by atoms with E-state index >= 15 is 0 Å². The van der Waals surface area contributed by atoms with Crippen LogP contribution in [0.3, 0.4) is 0 Å². The van der Waals surface area contributed by atoms with Crippen LogP contribution in [0.2, 0.25) is 0 Å².